The molecule has 0 bridgehead atoms. The van der Waals surface area contributed by atoms with Crippen molar-refractivity contribution in [2.45, 2.75) is 0 Å². The van der Waals surface area contributed by atoms with Gasteiger partial charge in [-0.15, -0.1) is 0 Å². The van der Waals surface area contributed by atoms with Crippen LogP contribution in [0.15, 0.2) is 12.1 Å². The van der Waals surface area contributed by atoms with Crippen LogP contribution >= 0.6 is 45.2 Å². The van der Waals surface area contributed by atoms with Crippen molar-refractivity contribution in [2.75, 3.05) is 0 Å². The van der Waals surface area contributed by atoms with Gasteiger partial charge in [0.05, 0.1) is 9.54 Å². The predicted octanol–water partition coefficient (Wildman–Crippen LogP) is -2.03. The van der Waals surface area contributed by atoms with Crippen LogP contribution in [0.1, 0.15) is 10.4 Å². The number of carboxylic acids is 1. The molecule has 0 aliphatic heterocycles. The maximum absolute atomic E-state index is 10.4. The molecule has 1 N–H and O–H groups in total. The molecular formula is C7H3I2KO3. The molecule has 0 fully saturated rings. The van der Waals surface area contributed by atoms with Gasteiger partial charge in [0.2, 0.25) is 0 Å². The molecule has 64 valence electrons. The summed E-state index contributed by atoms with van der Waals surface area (Å²) in [6.45, 7) is 0. The van der Waals surface area contributed by atoms with Crippen molar-refractivity contribution >= 4 is 51.2 Å². The molecule has 0 radical (unpaired) electrons. The Labute approximate surface area is 145 Å². The summed E-state index contributed by atoms with van der Waals surface area (Å²) in [5.41, 5.74) is -0.161. The minimum Gasteiger partial charge on any atom is -0.545 e. The van der Waals surface area contributed by atoms with Crippen molar-refractivity contribution in [1.29, 1.82) is 0 Å². The summed E-state index contributed by atoms with van der Waals surface area (Å²) in [5.74, 6) is -1.58. The first-order valence-corrected chi connectivity index (χ1v) is 5.07. The largest absolute Gasteiger partial charge is 1.00 e. The molecule has 1 aromatic carbocycles. The number of benzene rings is 1. The van der Waals surface area contributed by atoms with Crippen molar-refractivity contribution in [2.24, 2.45) is 0 Å². The number of carbonyl (C=O) groups excluding carboxylic acids is 1. The van der Waals surface area contributed by atoms with Crippen LogP contribution in [0.25, 0.3) is 0 Å². The molecule has 3 nitrogen and oxygen atoms in total. The fourth-order valence-electron chi connectivity index (χ4n) is 0.722. The van der Waals surface area contributed by atoms with Crippen LogP contribution < -0.4 is 56.5 Å². The molecule has 0 aromatic heterocycles. The zero-order chi connectivity index (χ0) is 9.30. The van der Waals surface area contributed by atoms with Crippen molar-refractivity contribution in [3.8, 4) is 5.75 Å². The zero-order valence-electron chi connectivity index (χ0n) is 6.67. The van der Waals surface area contributed by atoms with Gasteiger partial charge in [0.15, 0.2) is 0 Å². The predicted molar refractivity (Wildman–Crippen MR) is 57.9 cm³/mol. The fraction of sp³-hybridized carbons (Fsp3) is 0. The Balaban J connectivity index is 0.00000144. The topological polar surface area (TPSA) is 60.4 Å². The monoisotopic (exact) mass is 428 g/mol. The van der Waals surface area contributed by atoms with E-state index in [2.05, 4.69) is 0 Å². The van der Waals surface area contributed by atoms with Crippen LogP contribution in [0.3, 0.4) is 0 Å². The van der Waals surface area contributed by atoms with E-state index in [-0.39, 0.29) is 62.7 Å². The Hall–Kier alpha value is 1.59. The molecule has 0 aliphatic rings. The van der Waals surface area contributed by atoms with E-state index in [1.807, 2.05) is 45.2 Å². The SMILES string of the molecule is O=C([O-])c1cc(I)cc(I)c1O.[K+]. The summed E-state index contributed by atoms with van der Waals surface area (Å²) in [6, 6.07) is 3.05. The number of hydrogen-bond donors (Lipinski definition) is 1. The number of carboxylic acid groups (broad SMARTS) is 1. The van der Waals surface area contributed by atoms with E-state index in [0.29, 0.717) is 3.57 Å². The quantitative estimate of drug-likeness (QED) is 0.415. The summed E-state index contributed by atoms with van der Waals surface area (Å²) in [5, 5.41) is 19.7. The molecule has 13 heavy (non-hydrogen) atoms. The first-order valence-electron chi connectivity index (χ1n) is 2.91. The average molecular weight is 428 g/mol. The number of rotatable bonds is 1. The van der Waals surface area contributed by atoms with Gasteiger partial charge in [-0.05, 0) is 57.3 Å². The second-order valence-corrected chi connectivity index (χ2v) is 4.48. The zero-order valence-corrected chi connectivity index (χ0v) is 14.1. The van der Waals surface area contributed by atoms with E-state index >= 15 is 0 Å². The van der Waals surface area contributed by atoms with Crippen LogP contribution in [0, 0.1) is 7.14 Å². The van der Waals surface area contributed by atoms with Gasteiger partial charge in [0, 0.05) is 9.13 Å². The molecule has 0 unspecified atom stereocenters. The Morgan fingerprint density at radius 3 is 2.38 bits per heavy atom. The number of phenols is 1. The summed E-state index contributed by atoms with van der Waals surface area (Å²) in [7, 11) is 0. The van der Waals surface area contributed by atoms with Gasteiger partial charge in [0.1, 0.15) is 5.75 Å². The van der Waals surface area contributed by atoms with Crippen LogP contribution in [-0.4, -0.2) is 11.1 Å². The first kappa shape index (κ1) is 14.6. The third-order valence-electron chi connectivity index (χ3n) is 1.25. The van der Waals surface area contributed by atoms with Gasteiger partial charge >= 0.3 is 51.4 Å². The second-order valence-electron chi connectivity index (χ2n) is 2.07. The van der Waals surface area contributed by atoms with E-state index in [1.54, 1.807) is 6.07 Å². The van der Waals surface area contributed by atoms with E-state index in [9.17, 15) is 15.0 Å². The molecule has 0 spiro atoms. The normalized spacial score (nSPS) is 9.08. The maximum Gasteiger partial charge on any atom is 1.00 e. The number of aromatic hydroxyl groups is 1. The Kier molecular flexibility index (Phi) is 6.99. The van der Waals surface area contributed by atoms with Gasteiger partial charge in [-0.25, -0.2) is 0 Å². The minimum absolute atomic E-state index is 0. The number of halogens is 2. The Morgan fingerprint density at radius 2 is 1.92 bits per heavy atom. The van der Waals surface area contributed by atoms with Crippen molar-refractivity contribution in [3.05, 3.63) is 24.8 Å². The molecule has 0 heterocycles. The van der Waals surface area contributed by atoms with Crippen molar-refractivity contribution < 1.29 is 66.4 Å². The summed E-state index contributed by atoms with van der Waals surface area (Å²) in [4.78, 5) is 10.4. The average Bonchev–Trinajstić information content (AvgIpc) is 1.96. The van der Waals surface area contributed by atoms with Crippen LogP contribution in [-0.2, 0) is 0 Å². The molecule has 0 amide bonds. The number of hydrogen-bond acceptors (Lipinski definition) is 3. The van der Waals surface area contributed by atoms with E-state index < -0.39 is 5.97 Å². The van der Waals surface area contributed by atoms with Gasteiger partial charge in [-0.2, -0.15) is 0 Å². The smallest absolute Gasteiger partial charge is 0.545 e. The molecule has 0 saturated carbocycles. The third kappa shape index (κ3) is 3.91. The van der Waals surface area contributed by atoms with Gasteiger partial charge in [-0.1, -0.05) is 0 Å². The minimum atomic E-state index is -1.36. The van der Waals surface area contributed by atoms with E-state index in [0.717, 1.165) is 3.57 Å². The van der Waals surface area contributed by atoms with Gasteiger partial charge < -0.3 is 15.0 Å². The number of aromatic carboxylic acids is 1. The molecule has 0 saturated heterocycles. The molecule has 0 atom stereocenters. The first-order chi connectivity index (χ1) is 5.52. The summed E-state index contributed by atoms with van der Waals surface area (Å²) in [6.07, 6.45) is 0. The standard InChI is InChI=1S/C7H4I2O3.K/c8-3-1-4(7(11)12)6(10)5(9)2-3;/h1-2,10H,(H,11,12);/q;+1/p-1. The van der Waals surface area contributed by atoms with Crippen molar-refractivity contribution in [3.63, 3.8) is 0 Å². The van der Waals surface area contributed by atoms with Gasteiger partial charge in [0.25, 0.3) is 0 Å². The van der Waals surface area contributed by atoms with Gasteiger partial charge in [-0.3, -0.25) is 0 Å². The molecule has 0 aliphatic carbocycles. The van der Waals surface area contributed by atoms with Crippen LogP contribution in [0.5, 0.6) is 5.75 Å². The second kappa shape index (κ2) is 6.23. The molecule has 6 heteroatoms. The molecule has 1 rings (SSSR count). The molecular weight excluding hydrogens is 425 g/mol. The fourth-order valence-corrected chi connectivity index (χ4v) is 2.57. The third-order valence-corrected chi connectivity index (χ3v) is 2.69. The Bertz CT molecular complexity index is 341. The Morgan fingerprint density at radius 1 is 1.38 bits per heavy atom. The van der Waals surface area contributed by atoms with Crippen LogP contribution in [0.4, 0.5) is 0 Å². The summed E-state index contributed by atoms with van der Waals surface area (Å²) >= 11 is 3.84. The van der Waals surface area contributed by atoms with Crippen LogP contribution in [0.2, 0.25) is 0 Å². The van der Waals surface area contributed by atoms with Crippen molar-refractivity contribution in [1.82, 2.24) is 0 Å². The maximum atomic E-state index is 10.4. The number of carbonyl (C=O) groups is 1. The summed E-state index contributed by atoms with van der Waals surface area (Å²) < 4.78 is 1.27. The van der Waals surface area contributed by atoms with E-state index in [1.165, 1.54) is 6.07 Å². The molecule has 1 aromatic rings. The van der Waals surface area contributed by atoms with E-state index in [4.69, 9.17) is 0 Å².